The maximum absolute atomic E-state index is 5.46. The van der Waals surface area contributed by atoms with E-state index in [0.29, 0.717) is 12.0 Å². The van der Waals surface area contributed by atoms with E-state index in [0.717, 1.165) is 53.3 Å². The van der Waals surface area contributed by atoms with Gasteiger partial charge in [-0.15, -0.1) is 0 Å². The van der Waals surface area contributed by atoms with Gasteiger partial charge in [-0.3, -0.25) is 0 Å². The molecule has 1 aliphatic heterocycles. The molecule has 0 amide bonds. The van der Waals surface area contributed by atoms with Gasteiger partial charge in [0.15, 0.2) is 0 Å². The van der Waals surface area contributed by atoms with Crippen LogP contribution in [0.3, 0.4) is 0 Å². The zero-order valence-electron chi connectivity index (χ0n) is 14.0. The second-order valence-corrected chi connectivity index (χ2v) is 6.49. The largest absolute Gasteiger partial charge is 0.496 e. The van der Waals surface area contributed by atoms with Crippen molar-refractivity contribution in [3.8, 4) is 17.0 Å². The molecular formula is C19H22N4O. The van der Waals surface area contributed by atoms with Crippen molar-refractivity contribution in [2.45, 2.75) is 31.7 Å². The highest BCUT2D eigenvalue weighted by Crippen LogP contribution is 2.32. The number of aromatic amines is 1. The van der Waals surface area contributed by atoms with Crippen LogP contribution in [0.15, 0.2) is 36.5 Å². The molecule has 3 heterocycles. The summed E-state index contributed by atoms with van der Waals surface area (Å²) in [6, 6.07) is 10.6. The van der Waals surface area contributed by atoms with Crippen LogP contribution in [0.1, 0.15) is 31.5 Å². The quantitative estimate of drug-likeness (QED) is 0.775. The number of fused-ring (bicyclic) bond motifs is 1. The van der Waals surface area contributed by atoms with Gasteiger partial charge >= 0.3 is 0 Å². The highest BCUT2D eigenvalue weighted by molar-refractivity contribution is 5.83. The van der Waals surface area contributed by atoms with Crippen LogP contribution in [0.4, 0.5) is 0 Å². The van der Waals surface area contributed by atoms with Gasteiger partial charge in [0.1, 0.15) is 11.6 Å². The van der Waals surface area contributed by atoms with Crippen LogP contribution < -0.4 is 10.1 Å². The van der Waals surface area contributed by atoms with Crippen molar-refractivity contribution in [3.05, 3.63) is 42.4 Å². The Hall–Kier alpha value is -2.40. The Labute approximate surface area is 141 Å². The number of hydrogen-bond acceptors (Lipinski definition) is 4. The molecule has 5 nitrogen and oxygen atoms in total. The van der Waals surface area contributed by atoms with E-state index in [4.69, 9.17) is 9.72 Å². The van der Waals surface area contributed by atoms with Crippen LogP contribution in [-0.4, -0.2) is 34.6 Å². The molecule has 0 saturated carbocycles. The molecule has 4 rings (SSSR count). The highest BCUT2D eigenvalue weighted by Gasteiger charge is 2.22. The molecule has 0 radical (unpaired) electrons. The van der Waals surface area contributed by atoms with Gasteiger partial charge in [-0.2, -0.15) is 0 Å². The summed E-state index contributed by atoms with van der Waals surface area (Å²) in [5, 5.41) is 3.48. The van der Waals surface area contributed by atoms with Gasteiger partial charge in [-0.05, 0) is 44.5 Å². The summed E-state index contributed by atoms with van der Waals surface area (Å²) in [6.45, 7) is 3.26. The minimum atomic E-state index is 0.440. The van der Waals surface area contributed by atoms with Crippen LogP contribution in [-0.2, 0) is 0 Å². The summed E-state index contributed by atoms with van der Waals surface area (Å²) in [7, 11) is 1.69. The number of hydrogen-bond donors (Lipinski definition) is 2. The van der Waals surface area contributed by atoms with Gasteiger partial charge in [0, 0.05) is 17.5 Å². The van der Waals surface area contributed by atoms with Crippen molar-refractivity contribution in [3.63, 3.8) is 0 Å². The number of para-hydroxylation sites is 1. The molecule has 1 saturated heterocycles. The van der Waals surface area contributed by atoms with Crippen LogP contribution >= 0.6 is 0 Å². The van der Waals surface area contributed by atoms with E-state index < -0.39 is 0 Å². The van der Waals surface area contributed by atoms with E-state index in [-0.39, 0.29) is 0 Å². The molecule has 5 heteroatoms. The lowest BCUT2D eigenvalue weighted by Crippen LogP contribution is -2.35. The third-order valence-corrected chi connectivity index (χ3v) is 4.77. The first-order valence-corrected chi connectivity index (χ1v) is 8.47. The lowest BCUT2D eigenvalue weighted by atomic mass is 9.92. The summed E-state index contributed by atoms with van der Waals surface area (Å²) in [4.78, 5) is 12.8. The van der Waals surface area contributed by atoms with E-state index in [9.17, 15) is 0 Å². The number of nitrogens with zero attached hydrogens (tertiary/aromatic N) is 2. The zero-order valence-corrected chi connectivity index (χ0v) is 14.0. The first-order valence-electron chi connectivity index (χ1n) is 8.47. The Morgan fingerprint density at radius 3 is 2.96 bits per heavy atom. The summed E-state index contributed by atoms with van der Waals surface area (Å²) >= 11 is 0. The van der Waals surface area contributed by atoms with Crippen LogP contribution in [0.2, 0.25) is 0 Å². The number of ether oxygens (including phenoxy) is 1. The van der Waals surface area contributed by atoms with E-state index in [1.54, 1.807) is 7.11 Å². The monoisotopic (exact) mass is 322 g/mol. The molecule has 1 aromatic carbocycles. The average Bonchev–Trinajstić information content (AvgIpc) is 3.04. The summed E-state index contributed by atoms with van der Waals surface area (Å²) in [5.41, 5.74) is 3.97. The molecule has 124 valence electrons. The van der Waals surface area contributed by atoms with Crippen molar-refractivity contribution in [2.75, 3.05) is 13.7 Å². The Morgan fingerprint density at radius 1 is 1.25 bits per heavy atom. The van der Waals surface area contributed by atoms with Gasteiger partial charge in [0.05, 0.1) is 30.0 Å². The van der Waals surface area contributed by atoms with Crippen molar-refractivity contribution in [2.24, 2.45) is 0 Å². The summed E-state index contributed by atoms with van der Waals surface area (Å²) < 4.78 is 5.46. The Morgan fingerprint density at radius 2 is 2.12 bits per heavy atom. The average molecular weight is 322 g/mol. The fourth-order valence-electron chi connectivity index (χ4n) is 3.51. The fraction of sp³-hybridized carbons (Fsp3) is 0.368. The molecule has 0 aliphatic carbocycles. The molecular weight excluding hydrogens is 300 g/mol. The Balaban J connectivity index is 1.71. The summed E-state index contributed by atoms with van der Waals surface area (Å²) in [5.74, 6) is 2.25. The third-order valence-electron chi connectivity index (χ3n) is 4.77. The molecule has 2 atom stereocenters. The Bertz CT molecular complexity index is 857. The smallest absolute Gasteiger partial charge is 0.132 e. The fourth-order valence-corrected chi connectivity index (χ4v) is 3.51. The van der Waals surface area contributed by atoms with Crippen molar-refractivity contribution >= 4 is 11.0 Å². The predicted molar refractivity (Wildman–Crippen MR) is 95.3 cm³/mol. The third kappa shape index (κ3) is 2.76. The lowest BCUT2D eigenvalue weighted by Gasteiger charge is -2.26. The number of rotatable bonds is 3. The Kier molecular flexibility index (Phi) is 3.94. The van der Waals surface area contributed by atoms with E-state index in [2.05, 4.69) is 28.3 Å². The highest BCUT2D eigenvalue weighted by atomic mass is 16.5. The second kappa shape index (κ2) is 6.24. The normalized spacial score (nSPS) is 21.1. The van der Waals surface area contributed by atoms with Gasteiger partial charge in [-0.1, -0.05) is 12.1 Å². The number of piperidine rings is 1. The topological polar surface area (TPSA) is 62.8 Å². The first kappa shape index (κ1) is 15.1. The van der Waals surface area contributed by atoms with Gasteiger partial charge < -0.3 is 15.0 Å². The van der Waals surface area contributed by atoms with Gasteiger partial charge in [-0.25, -0.2) is 9.97 Å². The van der Waals surface area contributed by atoms with E-state index in [1.807, 2.05) is 30.5 Å². The molecule has 0 spiro atoms. The number of methoxy groups -OCH3 is 1. The molecule has 2 aromatic heterocycles. The minimum Gasteiger partial charge on any atom is -0.496 e. The second-order valence-electron chi connectivity index (χ2n) is 6.49. The standard InChI is InChI=1S/C19H22N4O/c1-12-9-13(7-8-20-12)19-21-11-17-16(23-19)10-15(22-17)14-5-3-4-6-18(14)24-2/h3-6,10-13,20,22H,7-9H2,1-2H3. The molecule has 24 heavy (non-hydrogen) atoms. The number of benzene rings is 1. The van der Waals surface area contributed by atoms with E-state index in [1.165, 1.54) is 0 Å². The number of H-pyrrole nitrogens is 1. The van der Waals surface area contributed by atoms with Crippen LogP contribution in [0.25, 0.3) is 22.3 Å². The molecule has 1 aliphatic rings. The zero-order chi connectivity index (χ0) is 16.5. The van der Waals surface area contributed by atoms with Crippen LogP contribution in [0, 0.1) is 0 Å². The molecule has 2 unspecified atom stereocenters. The van der Waals surface area contributed by atoms with Gasteiger partial charge in [0.25, 0.3) is 0 Å². The minimum absolute atomic E-state index is 0.440. The van der Waals surface area contributed by atoms with Gasteiger partial charge in [0.2, 0.25) is 0 Å². The molecule has 1 fully saturated rings. The van der Waals surface area contributed by atoms with Crippen molar-refractivity contribution < 1.29 is 4.74 Å². The van der Waals surface area contributed by atoms with Crippen molar-refractivity contribution in [1.82, 2.24) is 20.3 Å². The lowest BCUT2D eigenvalue weighted by molar-refractivity contribution is 0.371. The number of aromatic nitrogens is 3. The molecule has 3 aromatic rings. The number of nitrogens with one attached hydrogen (secondary N) is 2. The molecule has 2 N–H and O–H groups in total. The first-order chi connectivity index (χ1) is 11.7. The SMILES string of the molecule is COc1ccccc1-c1cc2nc(C3CCNC(C)C3)ncc2[nH]1. The van der Waals surface area contributed by atoms with E-state index >= 15 is 0 Å². The summed E-state index contributed by atoms with van der Waals surface area (Å²) in [6.07, 6.45) is 4.10. The predicted octanol–water partition coefficient (Wildman–Crippen LogP) is 3.49. The van der Waals surface area contributed by atoms with Crippen LogP contribution in [0.5, 0.6) is 5.75 Å². The maximum Gasteiger partial charge on any atom is 0.132 e. The molecule has 0 bridgehead atoms. The van der Waals surface area contributed by atoms with Crippen molar-refractivity contribution in [1.29, 1.82) is 0 Å². The maximum atomic E-state index is 5.46.